The number of amides is 1. The Balaban J connectivity index is 1.69. The van der Waals surface area contributed by atoms with Crippen molar-refractivity contribution in [2.75, 3.05) is 18.6 Å². The molecule has 0 bridgehead atoms. The largest absolute Gasteiger partial charge is 0.475 e. The van der Waals surface area contributed by atoms with Crippen LogP contribution >= 0.6 is 11.3 Å². The molecule has 2 heterocycles. The smallest absolute Gasteiger partial charge is 0.348 e. The molecule has 2 aromatic rings. The van der Waals surface area contributed by atoms with Gasteiger partial charge in [0.05, 0.1) is 24.2 Å². The Morgan fingerprint density at radius 3 is 2.92 bits per heavy atom. The van der Waals surface area contributed by atoms with Crippen molar-refractivity contribution >= 4 is 28.9 Å². The first-order valence-electron chi connectivity index (χ1n) is 7.94. The highest BCUT2D eigenvalue weighted by Crippen LogP contribution is 2.37. The summed E-state index contributed by atoms with van der Waals surface area (Å²) in [6, 6.07) is 9.28. The lowest BCUT2D eigenvalue weighted by Crippen LogP contribution is -2.47. The van der Waals surface area contributed by atoms with Gasteiger partial charge in [-0.3, -0.25) is 9.69 Å². The van der Waals surface area contributed by atoms with Crippen molar-refractivity contribution in [3.8, 4) is 5.75 Å². The Labute approximate surface area is 143 Å². The van der Waals surface area contributed by atoms with E-state index < -0.39 is 12.1 Å². The van der Waals surface area contributed by atoms with Crippen LogP contribution in [-0.2, 0) is 22.4 Å². The molecule has 0 radical (unpaired) electrons. The monoisotopic (exact) mass is 343 g/mol. The van der Waals surface area contributed by atoms with Gasteiger partial charge in [0.2, 0.25) is 6.10 Å². The lowest BCUT2D eigenvalue weighted by atomic mass is 10.1. The fourth-order valence-electron chi connectivity index (χ4n) is 3.25. The summed E-state index contributed by atoms with van der Waals surface area (Å²) in [6.07, 6.45) is 2.46. The van der Waals surface area contributed by atoms with E-state index in [9.17, 15) is 9.59 Å². The van der Waals surface area contributed by atoms with Gasteiger partial charge in [-0.1, -0.05) is 12.1 Å². The number of methoxy groups -OCH3 is 1. The number of rotatable bonds is 2. The molecule has 24 heavy (non-hydrogen) atoms. The Bertz CT molecular complexity index is 792. The number of carbonyl (C=O) groups excluding carboxylic acids is 2. The summed E-state index contributed by atoms with van der Waals surface area (Å²) in [4.78, 5) is 28.6. The molecule has 0 fully saturated rings. The molecule has 1 aromatic heterocycles. The molecule has 0 saturated heterocycles. The predicted octanol–water partition coefficient (Wildman–Crippen LogP) is 2.82. The van der Waals surface area contributed by atoms with Crippen molar-refractivity contribution < 1.29 is 19.1 Å². The maximum atomic E-state index is 13.1. The summed E-state index contributed by atoms with van der Waals surface area (Å²) in [7, 11) is 1.32. The first-order chi connectivity index (χ1) is 11.7. The van der Waals surface area contributed by atoms with E-state index in [4.69, 9.17) is 9.47 Å². The highest BCUT2D eigenvalue weighted by molar-refractivity contribution is 7.14. The average molecular weight is 343 g/mol. The molecule has 1 amide bonds. The molecular formula is C18H17NO4S. The maximum Gasteiger partial charge on any atom is 0.348 e. The van der Waals surface area contributed by atoms with Crippen LogP contribution in [0.4, 0.5) is 5.69 Å². The van der Waals surface area contributed by atoms with E-state index in [-0.39, 0.29) is 12.5 Å². The van der Waals surface area contributed by atoms with Gasteiger partial charge in [0.25, 0.3) is 5.91 Å². The van der Waals surface area contributed by atoms with Gasteiger partial charge < -0.3 is 9.47 Å². The Morgan fingerprint density at radius 2 is 2.12 bits per heavy atom. The molecular weight excluding hydrogens is 326 g/mol. The number of fused-ring (bicyclic) bond motifs is 2. The van der Waals surface area contributed by atoms with Crippen LogP contribution in [0.1, 0.15) is 26.5 Å². The normalized spacial score (nSPS) is 18.5. The standard InChI is InChI=1S/C18H17NO4S/c1-22-18(21)14-10-19(12-6-2-3-7-13(12)23-14)17(20)16-9-11-5-4-8-15(11)24-16/h2-3,6-7,9,14H,4-5,8,10H2,1H3/t14-/m0/s1. The van der Waals surface area contributed by atoms with Gasteiger partial charge in [0.1, 0.15) is 5.75 Å². The summed E-state index contributed by atoms with van der Waals surface area (Å²) in [6.45, 7) is 0.158. The highest BCUT2D eigenvalue weighted by Gasteiger charge is 2.35. The summed E-state index contributed by atoms with van der Waals surface area (Å²) in [5.74, 6) is -0.0355. The van der Waals surface area contributed by atoms with E-state index in [1.54, 1.807) is 22.3 Å². The van der Waals surface area contributed by atoms with Gasteiger partial charge in [-0.2, -0.15) is 0 Å². The molecule has 1 atom stereocenters. The van der Waals surface area contributed by atoms with Crippen molar-refractivity contribution in [3.63, 3.8) is 0 Å². The van der Waals surface area contributed by atoms with Gasteiger partial charge in [-0.15, -0.1) is 11.3 Å². The number of benzene rings is 1. The van der Waals surface area contributed by atoms with Crippen LogP contribution in [0.25, 0.3) is 0 Å². The van der Waals surface area contributed by atoms with Crippen molar-refractivity contribution in [1.82, 2.24) is 0 Å². The Morgan fingerprint density at radius 1 is 1.29 bits per heavy atom. The summed E-state index contributed by atoms with van der Waals surface area (Å²) in [5.41, 5.74) is 1.98. The van der Waals surface area contributed by atoms with Crippen LogP contribution in [0.5, 0.6) is 5.75 Å². The number of hydrogen-bond acceptors (Lipinski definition) is 5. The Hall–Kier alpha value is -2.34. The van der Waals surface area contributed by atoms with Crippen LogP contribution in [-0.4, -0.2) is 31.6 Å². The second-order valence-corrected chi connectivity index (χ2v) is 7.06. The zero-order valence-corrected chi connectivity index (χ0v) is 14.1. The predicted molar refractivity (Wildman–Crippen MR) is 90.9 cm³/mol. The van der Waals surface area contributed by atoms with E-state index in [1.807, 2.05) is 24.3 Å². The Kier molecular flexibility index (Phi) is 3.76. The minimum Gasteiger partial charge on any atom is -0.475 e. The van der Waals surface area contributed by atoms with Gasteiger partial charge in [0.15, 0.2) is 0 Å². The van der Waals surface area contributed by atoms with Crippen molar-refractivity contribution in [2.24, 2.45) is 0 Å². The lowest BCUT2D eigenvalue weighted by molar-refractivity contribution is -0.148. The molecule has 2 aliphatic rings. The van der Waals surface area contributed by atoms with Gasteiger partial charge >= 0.3 is 5.97 Å². The van der Waals surface area contributed by atoms with E-state index >= 15 is 0 Å². The van der Waals surface area contributed by atoms with Gasteiger partial charge in [-0.25, -0.2) is 4.79 Å². The fraction of sp³-hybridized carbons (Fsp3) is 0.333. The summed E-state index contributed by atoms with van der Waals surface area (Å²) < 4.78 is 10.5. The van der Waals surface area contributed by atoms with Crippen molar-refractivity contribution in [1.29, 1.82) is 0 Å². The number of thiophene rings is 1. The second-order valence-electron chi connectivity index (χ2n) is 5.93. The quantitative estimate of drug-likeness (QED) is 0.787. The van der Waals surface area contributed by atoms with E-state index in [0.29, 0.717) is 11.4 Å². The maximum absolute atomic E-state index is 13.1. The van der Waals surface area contributed by atoms with Crippen LogP contribution in [0.15, 0.2) is 30.3 Å². The minimum absolute atomic E-state index is 0.0842. The molecule has 0 unspecified atom stereocenters. The van der Waals surface area contributed by atoms with Crippen molar-refractivity contribution in [2.45, 2.75) is 25.4 Å². The zero-order valence-electron chi connectivity index (χ0n) is 13.3. The number of esters is 1. The molecule has 124 valence electrons. The van der Waals surface area contributed by atoms with Crippen LogP contribution in [0.2, 0.25) is 0 Å². The highest BCUT2D eigenvalue weighted by atomic mass is 32.1. The van der Waals surface area contributed by atoms with Gasteiger partial charge in [0, 0.05) is 4.88 Å². The number of anilines is 1. The zero-order chi connectivity index (χ0) is 16.7. The minimum atomic E-state index is -0.805. The first-order valence-corrected chi connectivity index (χ1v) is 8.76. The number of nitrogens with zero attached hydrogens (tertiary/aromatic N) is 1. The van der Waals surface area contributed by atoms with Crippen LogP contribution < -0.4 is 9.64 Å². The second kappa shape index (κ2) is 5.94. The fourth-order valence-corrected chi connectivity index (χ4v) is 4.45. The van der Waals surface area contributed by atoms with Gasteiger partial charge in [-0.05, 0) is 43.0 Å². The summed E-state index contributed by atoms with van der Waals surface area (Å²) >= 11 is 1.57. The number of ether oxygens (including phenoxy) is 2. The molecule has 0 saturated carbocycles. The number of carbonyl (C=O) groups is 2. The molecule has 1 aromatic carbocycles. The summed E-state index contributed by atoms with van der Waals surface area (Å²) in [5, 5.41) is 0. The molecule has 1 aliphatic carbocycles. The number of aryl methyl sites for hydroxylation is 2. The molecule has 1 aliphatic heterocycles. The molecule has 0 spiro atoms. The molecule has 0 N–H and O–H groups in total. The van der Waals surface area contributed by atoms with Crippen LogP contribution in [0.3, 0.4) is 0 Å². The molecule has 5 nitrogen and oxygen atoms in total. The molecule has 6 heteroatoms. The third-order valence-electron chi connectivity index (χ3n) is 4.44. The topological polar surface area (TPSA) is 55.8 Å². The third-order valence-corrected chi connectivity index (χ3v) is 5.67. The number of hydrogen-bond donors (Lipinski definition) is 0. The first kappa shape index (κ1) is 15.2. The van der Waals surface area contributed by atoms with E-state index in [1.165, 1.54) is 24.0 Å². The number of para-hydroxylation sites is 2. The SMILES string of the molecule is COC(=O)[C@@H]1CN(C(=O)c2cc3c(s2)CCC3)c2ccccc2O1. The molecule has 4 rings (SSSR count). The van der Waals surface area contributed by atoms with Crippen molar-refractivity contribution in [3.05, 3.63) is 45.6 Å². The third kappa shape index (κ3) is 2.47. The van der Waals surface area contributed by atoms with Crippen LogP contribution in [0, 0.1) is 0 Å². The van der Waals surface area contributed by atoms with E-state index in [0.717, 1.165) is 17.7 Å². The lowest BCUT2D eigenvalue weighted by Gasteiger charge is -2.33. The van der Waals surface area contributed by atoms with E-state index in [2.05, 4.69) is 0 Å². The average Bonchev–Trinajstić information content (AvgIpc) is 3.21.